The van der Waals surface area contributed by atoms with E-state index < -0.39 is 0 Å². The van der Waals surface area contributed by atoms with E-state index >= 15 is 0 Å². The molecule has 0 saturated carbocycles. The molecule has 1 rings (SSSR count). The van der Waals surface area contributed by atoms with Gasteiger partial charge in [-0.2, -0.15) is 0 Å². The molecule has 0 aliphatic rings. The zero-order chi connectivity index (χ0) is 10.4. The van der Waals surface area contributed by atoms with E-state index in [0.29, 0.717) is 18.8 Å². The third-order valence-corrected chi connectivity index (χ3v) is 2.29. The number of alkyl halides is 1. The lowest BCUT2D eigenvalue weighted by molar-refractivity contribution is 0.0982. The Morgan fingerprint density at radius 1 is 1.43 bits per heavy atom. The van der Waals surface area contributed by atoms with Crippen LogP contribution in [0.25, 0.3) is 0 Å². The lowest BCUT2D eigenvalue weighted by atomic mass is 10.0. The average Bonchev–Trinajstić information content (AvgIpc) is 2.26. The quantitative estimate of drug-likeness (QED) is 0.600. The Balaban J connectivity index is 2.69. The fraction of sp³-hybridized carbons (Fsp3) is 0.364. The van der Waals surface area contributed by atoms with Crippen LogP contribution in [0.1, 0.15) is 28.8 Å². The minimum absolute atomic E-state index is 0.140. The van der Waals surface area contributed by atoms with Crippen molar-refractivity contribution in [2.75, 3.05) is 5.88 Å². The molecule has 2 N–H and O–H groups in total. The first-order valence-corrected chi connectivity index (χ1v) is 5.19. The molecule has 0 fully saturated rings. The fourth-order valence-corrected chi connectivity index (χ4v) is 1.38. The van der Waals surface area contributed by atoms with Crippen LogP contribution in [-0.2, 0) is 6.54 Å². The van der Waals surface area contributed by atoms with Gasteiger partial charge in [-0.05, 0) is 18.1 Å². The summed E-state index contributed by atoms with van der Waals surface area (Å²) in [6, 6.07) is 7.43. The van der Waals surface area contributed by atoms with E-state index in [0.717, 1.165) is 17.5 Å². The van der Waals surface area contributed by atoms with E-state index in [4.69, 9.17) is 17.3 Å². The minimum Gasteiger partial charge on any atom is -0.326 e. The van der Waals surface area contributed by atoms with Crippen LogP contribution in [0.5, 0.6) is 0 Å². The molecule has 0 spiro atoms. The van der Waals surface area contributed by atoms with Crippen LogP contribution in [0.4, 0.5) is 0 Å². The van der Waals surface area contributed by atoms with E-state index in [1.165, 1.54) is 0 Å². The molecule has 14 heavy (non-hydrogen) atoms. The highest BCUT2D eigenvalue weighted by Crippen LogP contribution is 2.08. The molecular formula is C11H14ClNO. The molecule has 0 bridgehead atoms. The molecule has 0 unspecified atom stereocenters. The van der Waals surface area contributed by atoms with Gasteiger partial charge in [0.25, 0.3) is 0 Å². The molecule has 0 aliphatic carbocycles. The molecule has 0 saturated heterocycles. The highest BCUT2D eigenvalue weighted by atomic mass is 35.5. The number of hydrogen-bond donors (Lipinski definition) is 1. The summed E-state index contributed by atoms with van der Waals surface area (Å²) in [6.07, 6.45) is 1.24. The van der Waals surface area contributed by atoms with Crippen molar-refractivity contribution in [1.29, 1.82) is 0 Å². The van der Waals surface area contributed by atoms with Crippen LogP contribution in [0.2, 0.25) is 0 Å². The molecule has 0 aromatic heterocycles. The summed E-state index contributed by atoms with van der Waals surface area (Å²) in [5, 5.41) is 0. The zero-order valence-electron chi connectivity index (χ0n) is 8.00. The maximum absolute atomic E-state index is 11.6. The molecule has 0 heterocycles. The number of carbonyl (C=O) groups excluding carboxylic acids is 1. The topological polar surface area (TPSA) is 43.1 Å². The van der Waals surface area contributed by atoms with Crippen molar-refractivity contribution in [2.45, 2.75) is 19.4 Å². The normalized spacial score (nSPS) is 10.1. The Kier molecular flexibility index (Phi) is 4.63. The Bertz CT molecular complexity index is 312. The van der Waals surface area contributed by atoms with Crippen LogP contribution < -0.4 is 5.73 Å². The summed E-state index contributed by atoms with van der Waals surface area (Å²) in [5.41, 5.74) is 7.21. The van der Waals surface area contributed by atoms with Crippen molar-refractivity contribution in [1.82, 2.24) is 0 Å². The molecular weight excluding hydrogens is 198 g/mol. The summed E-state index contributed by atoms with van der Waals surface area (Å²) in [6.45, 7) is 0.469. The lowest BCUT2D eigenvalue weighted by Gasteiger charge is -2.01. The molecule has 1 aromatic carbocycles. The van der Waals surface area contributed by atoms with Crippen molar-refractivity contribution in [3.05, 3.63) is 35.4 Å². The molecule has 1 aromatic rings. The number of nitrogens with two attached hydrogens (primary N) is 1. The van der Waals surface area contributed by atoms with Gasteiger partial charge in [0, 0.05) is 24.4 Å². The van der Waals surface area contributed by atoms with Gasteiger partial charge in [-0.25, -0.2) is 0 Å². The van der Waals surface area contributed by atoms with Crippen molar-refractivity contribution in [3.8, 4) is 0 Å². The largest absolute Gasteiger partial charge is 0.326 e. The molecule has 2 nitrogen and oxygen atoms in total. The van der Waals surface area contributed by atoms with Crippen molar-refractivity contribution in [3.63, 3.8) is 0 Å². The number of benzene rings is 1. The summed E-state index contributed by atoms with van der Waals surface area (Å²) < 4.78 is 0. The number of Topliss-reactive ketones (excluding diaryl/α,β-unsaturated/α-hetero) is 1. The van der Waals surface area contributed by atoms with Crippen LogP contribution >= 0.6 is 11.6 Å². The van der Waals surface area contributed by atoms with Gasteiger partial charge >= 0.3 is 0 Å². The van der Waals surface area contributed by atoms with Crippen molar-refractivity contribution in [2.24, 2.45) is 5.73 Å². The van der Waals surface area contributed by atoms with E-state index in [1.807, 2.05) is 24.3 Å². The van der Waals surface area contributed by atoms with Gasteiger partial charge in [-0.15, -0.1) is 11.6 Å². The first-order valence-electron chi connectivity index (χ1n) is 4.66. The highest BCUT2D eigenvalue weighted by Gasteiger charge is 2.04. The van der Waals surface area contributed by atoms with Gasteiger partial charge in [0.15, 0.2) is 5.78 Å². The second kappa shape index (κ2) is 5.78. The zero-order valence-corrected chi connectivity index (χ0v) is 8.76. The summed E-state index contributed by atoms with van der Waals surface area (Å²) in [4.78, 5) is 11.6. The van der Waals surface area contributed by atoms with Crippen molar-refractivity contribution >= 4 is 17.4 Å². The third-order valence-electron chi connectivity index (χ3n) is 2.02. The van der Waals surface area contributed by atoms with Crippen LogP contribution in [0, 0.1) is 0 Å². The van der Waals surface area contributed by atoms with Gasteiger partial charge in [-0.3, -0.25) is 4.79 Å². The van der Waals surface area contributed by atoms with E-state index in [-0.39, 0.29) is 5.78 Å². The SMILES string of the molecule is NCc1cccc(C(=O)CCCCl)c1. The monoisotopic (exact) mass is 211 g/mol. The smallest absolute Gasteiger partial charge is 0.162 e. The second-order valence-electron chi connectivity index (χ2n) is 3.12. The predicted octanol–water partition coefficient (Wildman–Crippen LogP) is 2.35. The number of rotatable bonds is 5. The van der Waals surface area contributed by atoms with E-state index in [1.54, 1.807) is 0 Å². The Morgan fingerprint density at radius 3 is 2.86 bits per heavy atom. The summed E-state index contributed by atoms with van der Waals surface area (Å²) >= 11 is 5.52. The van der Waals surface area contributed by atoms with E-state index in [2.05, 4.69) is 0 Å². The number of ketones is 1. The third kappa shape index (κ3) is 3.13. The molecule has 3 heteroatoms. The maximum atomic E-state index is 11.6. The second-order valence-corrected chi connectivity index (χ2v) is 3.50. The van der Waals surface area contributed by atoms with Crippen LogP contribution in [0.3, 0.4) is 0 Å². The number of halogens is 1. The first-order chi connectivity index (χ1) is 6.77. The molecule has 76 valence electrons. The van der Waals surface area contributed by atoms with Crippen molar-refractivity contribution < 1.29 is 4.79 Å². The Morgan fingerprint density at radius 2 is 2.21 bits per heavy atom. The Hall–Kier alpha value is -0.860. The number of hydrogen-bond acceptors (Lipinski definition) is 2. The number of carbonyl (C=O) groups is 1. The lowest BCUT2D eigenvalue weighted by Crippen LogP contribution is -2.02. The first kappa shape index (κ1) is 11.2. The van der Waals surface area contributed by atoms with Gasteiger partial charge in [-0.1, -0.05) is 18.2 Å². The fourth-order valence-electron chi connectivity index (χ4n) is 1.24. The van der Waals surface area contributed by atoms with E-state index in [9.17, 15) is 4.79 Å². The van der Waals surface area contributed by atoms with Crippen LogP contribution in [0.15, 0.2) is 24.3 Å². The Labute approximate surface area is 89.1 Å². The maximum Gasteiger partial charge on any atom is 0.162 e. The van der Waals surface area contributed by atoms with Gasteiger partial charge < -0.3 is 5.73 Å². The molecule has 0 amide bonds. The van der Waals surface area contributed by atoms with Gasteiger partial charge in [0.1, 0.15) is 0 Å². The highest BCUT2D eigenvalue weighted by molar-refractivity contribution is 6.18. The predicted molar refractivity (Wildman–Crippen MR) is 58.6 cm³/mol. The average molecular weight is 212 g/mol. The summed E-state index contributed by atoms with van der Waals surface area (Å²) in [5.74, 6) is 0.670. The minimum atomic E-state index is 0.140. The van der Waals surface area contributed by atoms with Gasteiger partial charge in [0.2, 0.25) is 0 Å². The van der Waals surface area contributed by atoms with Gasteiger partial charge in [0.05, 0.1) is 0 Å². The summed E-state index contributed by atoms with van der Waals surface area (Å²) in [7, 11) is 0. The van der Waals surface area contributed by atoms with Crippen LogP contribution in [-0.4, -0.2) is 11.7 Å². The molecule has 0 aliphatic heterocycles. The molecule has 0 radical (unpaired) electrons. The standard InChI is InChI=1S/C11H14ClNO/c12-6-2-5-11(14)10-4-1-3-9(7-10)8-13/h1,3-4,7H,2,5-6,8,13H2. The molecule has 0 atom stereocenters.